The van der Waals surface area contributed by atoms with E-state index < -0.39 is 0 Å². The van der Waals surface area contributed by atoms with Gasteiger partial charge in [0, 0.05) is 23.4 Å². The van der Waals surface area contributed by atoms with Gasteiger partial charge >= 0.3 is 0 Å². The molecule has 0 saturated carbocycles. The first kappa shape index (κ1) is 11.7. The normalized spacial score (nSPS) is 13.5. The van der Waals surface area contributed by atoms with Gasteiger partial charge in [-0.15, -0.1) is 11.3 Å². The lowest BCUT2D eigenvalue weighted by Gasteiger charge is -2.11. The van der Waals surface area contributed by atoms with Gasteiger partial charge < -0.3 is 10.5 Å². The van der Waals surface area contributed by atoms with Crippen LogP contribution in [-0.2, 0) is 13.0 Å². The highest BCUT2D eigenvalue weighted by Crippen LogP contribution is 2.40. The highest BCUT2D eigenvalue weighted by atomic mass is 32.1. The Morgan fingerprint density at radius 3 is 3.00 bits per heavy atom. The summed E-state index contributed by atoms with van der Waals surface area (Å²) < 4.78 is 5.86. The van der Waals surface area contributed by atoms with E-state index in [4.69, 9.17) is 10.5 Å². The van der Waals surface area contributed by atoms with Gasteiger partial charge in [0.25, 0.3) is 0 Å². The quantitative estimate of drug-likeness (QED) is 0.857. The first-order chi connectivity index (χ1) is 8.69. The van der Waals surface area contributed by atoms with Gasteiger partial charge in [0.05, 0.1) is 12.3 Å². The van der Waals surface area contributed by atoms with Crippen molar-refractivity contribution in [1.29, 1.82) is 0 Å². The summed E-state index contributed by atoms with van der Waals surface area (Å²) in [4.78, 5) is 5.97. The van der Waals surface area contributed by atoms with Crippen LogP contribution in [0, 0.1) is 13.8 Å². The van der Waals surface area contributed by atoms with Crippen molar-refractivity contribution < 1.29 is 4.74 Å². The van der Waals surface area contributed by atoms with E-state index in [-0.39, 0.29) is 0 Å². The number of fused-ring (bicyclic) bond motifs is 3. The number of benzene rings is 1. The molecule has 1 aromatic heterocycles. The first-order valence-corrected chi connectivity index (χ1v) is 6.93. The van der Waals surface area contributed by atoms with E-state index >= 15 is 0 Å². The van der Waals surface area contributed by atoms with Crippen LogP contribution in [0.2, 0.25) is 0 Å². The van der Waals surface area contributed by atoms with Crippen molar-refractivity contribution >= 4 is 11.3 Å². The molecule has 0 spiro atoms. The average Bonchev–Trinajstić information content (AvgIpc) is 2.64. The number of aromatic nitrogens is 1. The molecule has 0 saturated heterocycles. The Bertz CT molecular complexity index is 604. The monoisotopic (exact) mass is 260 g/mol. The van der Waals surface area contributed by atoms with Gasteiger partial charge in [0.2, 0.25) is 0 Å². The second kappa shape index (κ2) is 4.37. The molecule has 18 heavy (non-hydrogen) atoms. The standard InChI is InChI=1S/C14H16N2OS/c1-8-5-9(2)13-10(6-8)17-4-3-11-14(13)16-12(7-15)18-11/h5-6H,3-4,7,15H2,1-2H3. The van der Waals surface area contributed by atoms with Crippen molar-refractivity contribution in [3.8, 4) is 17.0 Å². The lowest BCUT2D eigenvalue weighted by molar-refractivity contribution is 0.327. The third-order valence-corrected chi connectivity index (χ3v) is 4.32. The minimum Gasteiger partial charge on any atom is -0.492 e. The van der Waals surface area contributed by atoms with Crippen molar-refractivity contribution in [2.24, 2.45) is 5.73 Å². The molecule has 2 N–H and O–H groups in total. The smallest absolute Gasteiger partial charge is 0.129 e. The number of rotatable bonds is 1. The molecule has 1 aliphatic heterocycles. The van der Waals surface area contributed by atoms with Crippen molar-refractivity contribution in [2.75, 3.05) is 6.61 Å². The zero-order valence-corrected chi connectivity index (χ0v) is 11.4. The van der Waals surface area contributed by atoms with Gasteiger partial charge in [-0.1, -0.05) is 6.07 Å². The second-order valence-corrected chi connectivity index (χ2v) is 5.81. The van der Waals surface area contributed by atoms with Crippen LogP contribution in [0.1, 0.15) is 21.0 Å². The minimum absolute atomic E-state index is 0.513. The van der Waals surface area contributed by atoms with Crippen LogP contribution in [0.15, 0.2) is 12.1 Å². The molecule has 0 unspecified atom stereocenters. The van der Waals surface area contributed by atoms with Crippen molar-refractivity contribution in [2.45, 2.75) is 26.8 Å². The van der Waals surface area contributed by atoms with Gasteiger partial charge in [0.1, 0.15) is 10.8 Å². The van der Waals surface area contributed by atoms with Gasteiger partial charge in [-0.05, 0) is 31.0 Å². The van der Waals surface area contributed by atoms with Crippen LogP contribution in [0.5, 0.6) is 5.75 Å². The highest BCUT2D eigenvalue weighted by Gasteiger charge is 2.21. The molecule has 4 heteroatoms. The third-order valence-electron chi connectivity index (χ3n) is 3.18. The van der Waals surface area contributed by atoms with E-state index in [1.807, 2.05) is 0 Å². The fourth-order valence-electron chi connectivity index (χ4n) is 2.45. The molecule has 2 heterocycles. The molecule has 2 aromatic rings. The number of thiazole rings is 1. The Morgan fingerprint density at radius 2 is 2.22 bits per heavy atom. The van der Waals surface area contributed by atoms with Crippen LogP contribution < -0.4 is 10.5 Å². The summed E-state index contributed by atoms with van der Waals surface area (Å²) in [6.07, 6.45) is 0.917. The summed E-state index contributed by atoms with van der Waals surface area (Å²) in [6, 6.07) is 4.28. The molecular formula is C14H16N2OS. The van der Waals surface area contributed by atoms with Crippen molar-refractivity contribution in [3.63, 3.8) is 0 Å². The molecule has 0 bridgehead atoms. The molecule has 3 rings (SSSR count). The number of ether oxygens (including phenoxy) is 1. The summed E-state index contributed by atoms with van der Waals surface area (Å²) in [7, 11) is 0. The van der Waals surface area contributed by atoms with Crippen molar-refractivity contribution in [3.05, 3.63) is 33.1 Å². The third kappa shape index (κ3) is 1.82. The maximum atomic E-state index is 5.86. The van der Waals surface area contributed by atoms with Gasteiger partial charge in [0.15, 0.2) is 0 Å². The molecule has 3 nitrogen and oxygen atoms in total. The summed E-state index contributed by atoms with van der Waals surface area (Å²) >= 11 is 1.71. The van der Waals surface area contributed by atoms with Gasteiger partial charge in [-0.3, -0.25) is 0 Å². The number of aryl methyl sites for hydroxylation is 2. The number of hydrogen-bond donors (Lipinski definition) is 1. The van der Waals surface area contributed by atoms with Crippen LogP contribution in [0.4, 0.5) is 0 Å². The van der Waals surface area contributed by atoms with Crippen LogP contribution in [0.25, 0.3) is 11.3 Å². The van der Waals surface area contributed by atoms with Gasteiger partial charge in [-0.2, -0.15) is 0 Å². The largest absolute Gasteiger partial charge is 0.492 e. The number of nitrogens with zero attached hydrogens (tertiary/aromatic N) is 1. The molecule has 0 aliphatic carbocycles. The first-order valence-electron chi connectivity index (χ1n) is 6.12. The van der Waals surface area contributed by atoms with E-state index in [1.165, 1.54) is 16.0 Å². The zero-order chi connectivity index (χ0) is 12.7. The topological polar surface area (TPSA) is 48.1 Å². The summed E-state index contributed by atoms with van der Waals surface area (Å²) in [6.45, 7) is 5.44. The lowest BCUT2D eigenvalue weighted by Crippen LogP contribution is -1.99. The lowest BCUT2D eigenvalue weighted by atomic mass is 10.0. The van der Waals surface area contributed by atoms with E-state index in [9.17, 15) is 0 Å². The maximum Gasteiger partial charge on any atom is 0.129 e. The number of nitrogens with two attached hydrogens (primary N) is 1. The molecule has 0 radical (unpaired) electrons. The summed E-state index contributed by atoms with van der Waals surface area (Å²) in [5.41, 5.74) is 10.4. The van der Waals surface area contributed by atoms with E-state index in [0.717, 1.165) is 35.0 Å². The Labute approximate surface area is 111 Å². The maximum absolute atomic E-state index is 5.86. The van der Waals surface area contributed by atoms with E-state index in [1.54, 1.807) is 11.3 Å². The predicted molar refractivity (Wildman–Crippen MR) is 74.1 cm³/mol. The Morgan fingerprint density at radius 1 is 1.39 bits per heavy atom. The Balaban J connectivity index is 2.26. The fourth-order valence-corrected chi connectivity index (χ4v) is 3.39. The highest BCUT2D eigenvalue weighted by molar-refractivity contribution is 7.12. The van der Waals surface area contributed by atoms with Crippen LogP contribution >= 0.6 is 11.3 Å². The second-order valence-electron chi connectivity index (χ2n) is 4.64. The molecule has 0 amide bonds. The molecule has 94 valence electrons. The van der Waals surface area contributed by atoms with E-state index in [2.05, 4.69) is 31.0 Å². The zero-order valence-electron chi connectivity index (χ0n) is 10.6. The molecule has 1 aliphatic rings. The predicted octanol–water partition coefficient (Wildman–Crippen LogP) is 2.82. The van der Waals surface area contributed by atoms with Gasteiger partial charge in [-0.25, -0.2) is 4.98 Å². The average molecular weight is 260 g/mol. The Hall–Kier alpha value is -1.39. The molecule has 0 atom stereocenters. The summed E-state index contributed by atoms with van der Waals surface area (Å²) in [5, 5.41) is 1.01. The molecular weight excluding hydrogens is 244 g/mol. The minimum atomic E-state index is 0.513. The molecule has 1 aromatic carbocycles. The fraction of sp³-hybridized carbons (Fsp3) is 0.357. The SMILES string of the molecule is Cc1cc(C)c2c(c1)OCCc1sc(CN)nc1-2. The van der Waals surface area contributed by atoms with Crippen LogP contribution in [0.3, 0.4) is 0 Å². The van der Waals surface area contributed by atoms with Crippen molar-refractivity contribution in [1.82, 2.24) is 4.98 Å². The molecule has 0 fully saturated rings. The Kier molecular flexibility index (Phi) is 2.84. The number of hydrogen-bond acceptors (Lipinski definition) is 4. The van der Waals surface area contributed by atoms with E-state index in [0.29, 0.717) is 6.54 Å². The summed E-state index contributed by atoms with van der Waals surface area (Å²) in [5.74, 6) is 0.958. The van der Waals surface area contributed by atoms with Crippen LogP contribution in [-0.4, -0.2) is 11.6 Å².